The molecule has 0 spiro atoms. The summed E-state index contributed by atoms with van der Waals surface area (Å²) in [6.45, 7) is 0. The molecular formula is C45H19B10N5. The van der Waals surface area contributed by atoms with Crippen molar-refractivity contribution in [3.63, 3.8) is 0 Å². The van der Waals surface area contributed by atoms with Gasteiger partial charge in [0.1, 0.15) is 78.5 Å². The van der Waals surface area contributed by atoms with Crippen LogP contribution in [0.1, 0.15) is 0 Å². The molecule has 0 atom stereocenters. The number of para-hydroxylation sites is 1. The van der Waals surface area contributed by atoms with E-state index in [0.29, 0.717) is 78.0 Å². The van der Waals surface area contributed by atoms with E-state index in [0.717, 1.165) is 11.1 Å². The minimum absolute atomic E-state index is 0.103. The topological polar surface area (TPSA) is 48.5 Å². The molecule has 0 aliphatic carbocycles. The molecule has 3 heterocycles. The van der Waals surface area contributed by atoms with Gasteiger partial charge in [-0.25, -0.2) is 15.0 Å². The van der Waals surface area contributed by atoms with Crippen molar-refractivity contribution in [2.24, 2.45) is 0 Å². The molecule has 0 saturated heterocycles. The average molecular weight is 738 g/mol. The van der Waals surface area contributed by atoms with Gasteiger partial charge in [0.05, 0.1) is 0 Å². The van der Waals surface area contributed by atoms with E-state index in [1.807, 2.05) is 124 Å². The summed E-state index contributed by atoms with van der Waals surface area (Å²) in [4.78, 5) is 14.8. The van der Waals surface area contributed by atoms with Crippen molar-refractivity contribution in [2.75, 3.05) is 0 Å². The number of hydrogen-bond acceptors (Lipinski definition) is 3. The van der Waals surface area contributed by atoms with Crippen LogP contribution in [-0.4, -0.2) is 103 Å². The highest BCUT2D eigenvalue weighted by atomic mass is 15.0. The second kappa shape index (κ2) is 14.2. The molecule has 0 N–H and O–H groups in total. The first-order valence-electron chi connectivity index (χ1n) is 18.9. The molecule has 15 heteroatoms. The summed E-state index contributed by atoms with van der Waals surface area (Å²) in [5.74, 6) is 1.44. The van der Waals surface area contributed by atoms with Crippen LogP contribution < -0.4 is 54.6 Å². The molecule has 20 radical (unpaired) electrons. The van der Waals surface area contributed by atoms with Crippen molar-refractivity contribution in [1.29, 1.82) is 0 Å². The maximum atomic E-state index is 7.24. The van der Waals surface area contributed by atoms with E-state index in [9.17, 15) is 0 Å². The number of aromatic nitrogens is 5. The Morgan fingerprint density at radius 1 is 0.283 bits per heavy atom. The van der Waals surface area contributed by atoms with Gasteiger partial charge in [-0.1, -0.05) is 124 Å². The Kier molecular flexibility index (Phi) is 9.02. The third-order valence-electron chi connectivity index (χ3n) is 11.3. The fourth-order valence-electron chi connectivity index (χ4n) is 8.35. The zero-order valence-electron chi connectivity index (χ0n) is 32.0. The summed E-state index contributed by atoms with van der Waals surface area (Å²) in [6, 6.07) is 36.6. The van der Waals surface area contributed by atoms with Gasteiger partial charge >= 0.3 is 0 Å². The average Bonchev–Trinajstić information content (AvgIpc) is 3.84. The van der Waals surface area contributed by atoms with Gasteiger partial charge in [-0.3, -0.25) is 0 Å². The predicted molar refractivity (Wildman–Crippen MR) is 259 cm³/mol. The van der Waals surface area contributed by atoms with E-state index >= 15 is 0 Å². The van der Waals surface area contributed by atoms with Gasteiger partial charge in [0.15, 0.2) is 17.5 Å². The summed E-state index contributed by atoms with van der Waals surface area (Å²) in [5.41, 5.74) is 7.17. The first kappa shape index (κ1) is 38.0. The van der Waals surface area contributed by atoms with Crippen LogP contribution in [0.5, 0.6) is 0 Å². The highest BCUT2D eigenvalue weighted by molar-refractivity contribution is 6.71. The smallest absolute Gasteiger partial charge is 0.164 e. The molecule has 10 rings (SSSR count). The lowest BCUT2D eigenvalue weighted by molar-refractivity contribution is 1.07. The number of fused-ring (bicyclic) bond motifs is 7. The van der Waals surface area contributed by atoms with E-state index in [2.05, 4.69) is 0 Å². The van der Waals surface area contributed by atoms with Crippen molar-refractivity contribution in [1.82, 2.24) is 24.1 Å². The van der Waals surface area contributed by atoms with E-state index in [1.165, 1.54) is 0 Å². The van der Waals surface area contributed by atoms with Crippen molar-refractivity contribution in [3.05, 3.63) is 115 Å². The van der Waals surface area contributed by atoms with Crippen molar-refractivity contribution < 1.29 is 0 Å². The molecule has 0 fully saturated rings. The SMILES string of the molecule is [B]c1c([B])c([B])c2c(c1[B])c1c3c4c([B])c([B])c([B])c([B])c4n(-c4cccc(-c5nc(-c6ccccc6)nc(-c6ccccc6)n5)c4)c3c([B])c([B])c1n2-c1ccccc1. The number of nitrogens with zero attached hydrogens (tertiary/aromatic N) is 5. The second-order valence-corrected chi connectivity index (χ2v) is 14.6. The Labute approximate surface area is 359 Å². The van der Waals surface area contributed by atoms with Crippen molar-refractivity contribution >= 4 is 177 Å². The zero-order chi connectivity index (χ0) is 41.7. The molecule has 10 aromatic rings. The minimum Gasteiger partial charge on any atom is -0.310 e. The quantitative estimate of drug-likeness (QED) is 0.214. The lowest BCUT2D eigenvalue weighted by atomic mass is 9.64. The van der Waals surface area contributed by atoms with Crippen LogP contribution in [0.4, 0.5) is 0 Å². The molecule has 0 saturated carbocycles. The van der Waals surface area contributed by atoms with Crippen LogP contribution in [0.2, 0.25) is 0 Å². The van der Waals surface area contributed by atoms with E-state index < -0.39 is 0 Å². The van der Waals surface area contributed by atoms with Crippen LogP contribution in [0.25, 0.3) is 89.2 Å². The van der Waals surface area contributed by atoms with Crippen LogP contribution in [0.15, 0.2) is 115 Å². The number of hydrogen-bond donors (Lipinski definition) is 0. The summed E-state index contributed by atoms with van der Waals surface area (Å²) < 4.78 is 3.76. The van der Waals surface area contributed by atoms with Gasteiger partial charge in [0, 0.05) is 71.7 Å². The molecule has 0 aliphatic rings. The van der Waals surface area contributed by atoms with E-state index in [-0.39, 0.29) is 54.6 Å². The van der Waals surface area contributed by atoms with Gasteiger partial charge in [-0.15, -0.1) is 21.9 Å². The Bertz CT molecular complexity index is 3370. The molecule has 5 nitrogen and oxygen atoms in total. The molecule has 0 aliphatic heterocycles. The number of rotatable bonds is 5. The zero-order valence-corrected chi connectivity index (χ0v) is 32.0. The Balaban J connectivity index is 1.36. The summed E-state index contributed by atoms with van der Waals surface area (Å²) in [7, 11) is 68.5. The maximum absolute atomic E-state index is 7.24. The number of benzene rings is 7. The first-order chi connectivity index (χ1) is 29.0. The van der Waals surface area contributed by atoms with Crippen LogP contribution in [0, 0.1) is 0 Å². The Hall–Kier alpha value is -6.20. The fourth-order valence-corrected chi connectivity index (χ4v) is 8.35. The largest absolute Gasteiger partial charge is 0.310 e. The normalized spacial score (nSPS) is 11.7. The molecule has 3 aromatic heterocycles. The van der Waals surface area contributed by atoms with E-state index in [4.69, 9.17) is 93.4 Å². The third kappa shape index (κ3) is 5.51. The van der Waals surface area contributed by atoms with Gasteiger partial charge in [-0.05, 0) is 24.3 Å². The Morgan fingerprint density at radius 3 is 1.05 bits per heavy atom. The molecule has 7 aromatic carbocycles. The second-order valence-electron chi connectivity index (χ2n) is 14.6. The van der Waals surface area contributed by atoms with Gasteiger partial charge < -0.3 is 9.13 Å². The van der Waals surface area contributed by atoms with Crippen molar-refractivity contribution in [3.8, 4) is 45.5 Å². The van der Waals surface area contributed by atoms with Crippen LogP contribution in [-0.2, 0) is 0 Å². The summed E-state index contributed by atoms with van der Waals surface area (Å²) in [6.07, 6.45) is 0. The fraction of sp³-hybridized carbons (Fsp3) is 0. The highest BCUT2D eigenvalue weighted by Gasteiger charge is 2.28. The lowest BCUT2D eigenvalue weighted by Gasteiger charge is -2.18. The molecular weight excluding hydrogens is 719 g/mol. The Morgan fingerprint density at radius 2 is 0.600 bits per heavy atom. The van der Waals surface area contributed by atoms with E-state index in [1.54, 1.807) is 0 Å². The summed E-state index contributed by atoms with van der Waals surface area (Å²) in [5, 5.41) is 2.05. The van der Waals surface area contributed by atoms with Crippen molar-refractivity contribution in [2.45, 2.75) is 0 Å². The third-order valence-corrected chi connectivity index (χ3v) is 11.3. The maximum Gasteiger partial charge on any atom is 0.164 e. The highest BCUT2D eigenvalue weighted by Crippen LogP contribution is 2.39. The van der Waals surface area contributed by atoms with Crippen LogP contribution in [0.3, 0.4) is 0 Å². The molecule has 0 unspecified atom stereocenters. The lowest BCUT2D eigenvalue weighted by Crippen LogP contribution is -2.48. The van der Waals surface area contributed by atoms with Gasteiger partial charge in [0.25, 0.3) is 0 Å². The van der Waals surface area contributed by atoms with Gasteiger partial charge in [-0.2, -0.15) is 0 Å². The monoisotopic (exact) mass is 739 g/mol. The molecule has 254 valence electrons. The molecule has 0 bridgehead atoms. The predicted octanol–water partition coefficient (Wildman–Crippen LogP) is -0.995. The first-order valence-corrected chi connectivity index (χ1v) is 18.9. The molecule has 60 heavy (non-hydrogen) atoms. The molecule has 0 amide bonds. The summed E-state index contributed by atoms with van der Waals surface area (Å²) >= 11 is 0. The standard InChI is InChI=1S/C45H19B10N5/c46-29-27-25-26-28-30(47)32(49)34(51)36(53)42(28)60(40(26)38(55)37(54)39(25)59(23-16-8-3-9-17-23)41(27)35(52)33(50)31(29)48)24-18-10-15-22(19-24)45-57-43(20-11-4-1-5-12-20)56-44(58-45)21-13-6-2-7-14-21/h1-19H. The minimum atomic E-state index is 0.103. The van der Waals surface area contributed by atoms with Crippen LogP contribution >= 0.6 is 0 Å². The van der Waals surface area contributed by atoms with Gasteiger partial charge in [0.2, 0.25) is 0 Å².